The number of aryl methyl sites for hydroxylation is 1. The van der Waals surface area contributed by atoms with E-state index in [-0.39, 0.29) is 13.1 Å². The third-order valence-corrected chi connectivity index (χ3v) is 3.93. The summed E-state index contributed by atoms with van der Waals surface area (Å²) in [5, 5.41) is 8.96. The van der Waals surface area contributed by atoms with Gasteiger partial charge < -0.3 is 10.0 Å². The molecule has 1 aromatic rings. The van der Waals surface area contributed by atoms with Crippen molar-refractivity contribution < 1.29 is 23.1 Å². The number of rotatable bonds is 4. The van der Waals surface area contributed by atoms with E-state index in [4.69, 9.17) is 5.11 Å². The third-order valence-electron chi connectivity index (χ3n) is 3.93. The van der Waals surface area contributed by atoms with Gasteiger partial charge in [0.2, 0.25) is 0 Å². The Morgan fingerprint density at radius 1 is 1.38 bits per heavy atom. The first-order valence-electron chi connectivity index (χ1n) is 6.85. The number of benzene rings is 1. The topological polar surface area (TPSA) is 40.5 Å². The van der Waals surface area contributed by atoms with E-state index in [0.29, 0.717) is 13.0 Å². The molecule has 116 valence electrons. The van der Waals surface area contributed by atoms with E-state index < -0.39 is 24.0 Å². The molecule has 3 nitrogen and oxygen atoms in total. The number of nitrogens with zero attached hydrogens (tertiary/aromatic N) is 1. The fourth-order valence-electron chi connectivity index (χ4n) is 2.80. The van der Waals surface area contributed by atoms with Crippen molar-refractivity contribution in [3.63, 3.8) is 0 Å². The normalized spacial score (nSPS) is 23.4. The first-order valence-corrected chi connectivity index (χ1v) is 6.85. The van der Waals surface area contributed by atoms with Gasteiger partial charge in [-0.1, -0.05) is 29.8 Å². The highest BCUT2D eigenvalue weighted by molar-refractivity contribution is 5.71. The predicted molar refractivity (Wildman–Crippen MR) is 72.0 cm³/mol. The average molecular weight is 301 g/mol. The maximum Gasteiger partial charge on any atom is 0.393 e. The third kappa shape index (κ3) is 3.97. The summed E-state index contributed by atoms with van der Waals surface area (Å²) in [7, 11) is 0. The van der Waals surface area contributed by atoms with Gasteiger partial charge in [0.05, 0.1) is 11.8 Å². The van der Waals surface area contributed by atoms with Gasteiger partial charge in [-0.25, -0.2) is 0 Å². The predicted octanol–water partition coefficient (Wildman–Crippen LogP) is 2.73. The smallest absolute Gasteiger partial charge is 0.393 e. The summed E-state index contributed by atoms with van der Waals surface area (Å²) in [5.74, 6) is -4.50. The first-order chi connectivity index (χ1) is 9.77. The molecule has 6 heteroatoms. The molecule has 1 fully saturated rings. The number of aliphatic carboxylic acids is 1. The van der Waals surface area contributed by atoms with Crippen molar-refractivity contribution in [3.05, 3.63) is 35.4 Å². The van der Waals surface area contributed by atoms with E-state index in [1.807, 2.05) is 31.2 Å². The van der Waals surface area contributed by atoms with Crippen LogP contribution in [-0.2, 0) is 11.2 Å². The Balaban J connectivity index is 1.98. The van der Waals surface area contributed by atoms with Crippen LogP contribution in [0.25, 0.3) is 0 Å². The van der Waals surface area contributed by atoms with Gasteiger partial charge in [0, 0.05) is 19.6 Å². The maximum absolute atomic E-state index is 12.9. The van der Waals surface area contributed by atoms with Gasteiger partial charge >= 0.3 is 12.1 Å². The standard InChI is InChI=1S/C15H18F3NO2/c1-10-3-2-4-11(7-10)5-6-19-8-12(14(20)21)13(9-19)15(16,17)18/h2-4,7,12-13H,5-6,8-9H2,1H3,(H,20,21)/t12-,13-/m1/s1. The van der Waals surface area contributed by atoms with E-state index in [0.717, 1.165) is 11.1 Å². The molecule has 21 heavy (non-hydrogen) atoms. The summed E-state index contributed by atoms with van der Waals surface area (Å²) in [4.78, 5) is 12.6. The van der Waals surface area contributed by atoms with E-state index in [9.17, 15) is 18.0 Å². The molecule has 1 N–H and O–H groups in total. The second kappa shape index (κ2) is 6.05. The molecule has 0 aliphatic carbocycles. The number of hydrogen-bond donors (Lipinski definition) is 1. The zero-order valence-corrected chi connectivity index (χ0v) is 11.7. The number of likely N-dealkylation sites (tertiary alicyclic amines) is 1. The van der Waals surface area contributed by atoms with Crippen molar-refractivity contribution in [2.45, 2.75) is 19.5 Å². The van der Waals surface area contributed by atoms with E-state index >= 15 is 0 Å². The van der Waals surface area contributed by atoms with Crippen molar-refractivity contribution in [1.29, 1.82) is 0 Å². The van der Waals surface area contributed by atoms with Crippen molar-refractivity contribution >= 4 is 5.97 Å². The molecule has 0 radical (unpaired) electrons. The van der Waals surface area contributed by atoms with Crippen LogP contribution in [0.5, 0.6) is 0 Å². The fourth-order valence-corrected chi connectivity index (χ4v) is 2.80. The van der Waals surface area contributed by atoms with Gasteiger partial charge in [0.25, 0.3) is 0 Å². The van der Waals surface area contributed by atoms with Gasteiger partial charge in [-0.2, -0.15) is 13.2 Å². The lowest BCUT2D eigenvalue weighted by Gasteiger charge is -2.18. The molecule has 0 unspecified atom stereocenters. The molecule has 0 saturated carbocycles. The minimum Gasteiger partial charge on any atom is -0.481 e. The van der Waals surface area contributed by atoms with Crippen LogP contribution in [0.4, 0.5) is 13.2 Å². The van der Waals surface area contributed by atoms with Crippen LogP contribution < -0.4 is 0 Å². The number of hydrogen-bond acceptors (Lipinski definition) is 2. The summed E-state index contributed by atoms with van der Waals surface area (Å²) in [6.07, 6.45) is -3.83. The van der Waals surface area contributed by atoms with Crippen LogP contribution in [0.3, 0.4) is 0 Å². The molecule has 1 heterocycles. The lowest BCUT2D eigenvalue weighted by atomic mass is 9.96. The number of carboxylic acid groups (broad SMARTS) is 1. The van der Waals surface area contributed by atoms with Crippen LogP contribution >= 0.6 is 0 Å². The SMILES string of the molecule is Cc1cccc(CCN2C[C@@H](C(F)(F)F)[C@H](C(=O)O)C2)c1. The quantitative estimate of drug-likeness (QED) is 0.929. The van der Waals surface area contributed by atoms with Crippen molar-refractivity contribution in [3.8, 4) is 0 Å². The zero-order chi connectivity index (χ0) is 15.6. The molecular formula is C15H18F3NO2. The Morgan fingerprint density at radius 2 is 2.10 bits per heavy atom. The largest absolute Gasteiger partial charge is 0.481 e. The Labute approximate surface area is 121 Å². The van der Waals surface area contributed by atoms with Crippen molar-refractivity contribution in [2.75, 3.05) is 19.6 Å². The number of carbonyl (C=O) groups is 1. The van der Waals surface area contributed by atoms with Crippen molar-refractivity contribution in [2.24, 2.45) is 11.8 Å². The molecule has 1 aliphatic heterocycles. The molecule has 0 spiro atoms. The lowest BCUT2D eigenvalue weighted by Crippen LogP contribution is -2.33. The molecule has 0 aromatic heterocycles. The van der Waals surface area contributed by atoms with Gasteiger partial charge in [0.1, 0.15) is 0 Å². The second-order valence-corrected chi connectivity index (χ2v) is 5.59. The Hall–Kier alpha value is -1.56. The van der Waals surface area contributed by atoms with Crippen LogP contribution in [0.1, 0.15) is 11.1 Å². The number of halogens is 3. The summed E-state index contributed by atoms with van der Waals surface area (Å²) in [5.41, 5.74) is 2.16. The number of carboxylic acids is 1. The summed E-state index contributed by atoms with van der Waals surface area (Å²) in [6, 6.07) is 7.79. The van der Waals surface area contributed by atoms with Crippen LogP contribution in [0.2, 0.25) is 0 Å². The van der Waals surface area contributed by atoms with E-state index in [2.05, 4.69) is 0 Å². The van der Waals surface area contributed by atoms with Gasteiger partial charge in [-0.3, -0.25) is 4.79 Å². The minimum absolute atomic E-state index is 0.0364. The Kier molecular flexibility index (Phi) is 4.56. The maximum atomic E-state index is 12.9. The summed E-state index contributed by atoms with van der Waals surface area (Å²) in [6.45, 7) is 2.14. The molecule has 2 atom stereocenters. The minimum atomic E-state index is -4.46. The molecular weight excluding hydrogens is 283 g/mol. The van der Waals surface area contributed by atoms with Gasteiger partial charge in [-0.15, -0.1) is 0 Å². The molecule has 0 amide bonds. The molecule has 1 aromatic carbocycles. The second-order valence-electron chi connectivity index (χ2n) is 5.59. The fraction of sp³-hybridized carbons (Fsp3) is 0.533. The summed E-state index contributed by atoms with van der Waals surface area (Å²) < 4.78 is 38.6. The van der Waals surface area contributed by atoms with E-state index in [1.54, 1.807) is 4.90 Å². The van der Waals surface area contributed by atoms with Crippen molar-refractivity contribution in [1.82, 2.24) is 4.90 Å². The number of alkyl halides is 3. The van der Waals surface area contributed by atoms with Crippen LogP contribution in [-0.4, -0.2) is 41.8 Å². The lowest BCUT2D eigenvalue weighted by molar-refractivity contribution is -0.188. The zero-order valence-electron chi connectivity index (χ0n) is 11.7. The average Bonchev–Trinajstić information content (AvgIpc) is 2.81. The molecule has 0 bridgehead atoms. The molecule has 1 aliphatic rings. The van der Waals surface area contributed by atoms with E-state index in [1.165, 1.54) is 0 Å². The highest BCUT2D eigenvalue weighted by Gasteiger charge is 2.52. The highest BCUT2D eigenvalue weighted by Crippen LogP contribution is 2.37. The molecule has 1 saturated heterocycles. The monoisotopic (exact) mass is 301 g/mol. The van der Waals surface area contributed by atoms with Gasteiger partial charge in [-0.05, 0) is 18.9 Å². The Morgan fingerprint density at radius 3 is 2.62 bits per heavy atom. The highest BCUT2D eigenvalue weighted by atomic mass is 19.4. The molecule has 2 rings (SSSR count). The van der Waals surface area contributed by atoms with Crippen LogP contribution in [0.15, 0.2) is 24.3 Å². The summed E-state index contributed by atoms with van der Waals surface area (Å²) >= 11 is 0. The van der Waals surface area contributed by atoms with Crippen LogP contribution in [0, 0.1) is 18.8 Å². The van der Waals surface area contributed by atoms with Gasteiger partial charge in [0.15, 0.2) is 0 Å². The first kappa shape index (κ1) is 15.8. The Bertz CT molecular complexity index is 516.